The van der Waals surface area contributed by atoms with Gasteiger partial charge < -0.3 is 9.84 Å². The van der Waals surface area contributed by atoms with Crippen molar-refractivity contribution in [3.8, 4) is 0 Å². The number of benzene rings is 1. The Bertz CT molecular complexity index is 314. The first kappa shape index (κ1) is 9.62. The second-order valence-electron chi connectivity index (χ2n) is 3.63. The minimum atomic E-state index is -0.213. The quantitative estimate of drug-likeness (QED) is 0.780. The van der Waals surface area contributed by atoms with E-state index < -0.39 is 0 Å². The molecule has 0 saturated carbocycles. The van der Waals surface area contributed by atoms with Crippen LogP contribution >= 0.6 is 0 Å². The van der Waals surface area contributed by atoms with E-state index in [1.54, 1.807) is 6.07 Å². The predicted octanol–water partition coefficient (Wildman–Crippen LogP) is 1.69. The zero-order valence-corrected chi connectivity index (χ0v) is 7.82. The predicted molar refractivity (Wildman–Crippen MR) is 50.6 cm³/mol. The summed E-state index contributed by atoms with van der Waals surface area (Å²) in [6.45, 7) is 0.625. The fraction of sp³-hybridized carbons (Fsp3) is 0.455. The molecular formula is C11H13FO2. The molecule has 0 unspecified atom stereocenters. The van der Waals surface area contributed by atoms with Crippen molar-refractivity contribution in [2.24, 2.45) is 0 Å². The molecule has 1 heterocycles. The largest absolute Gasteiger partial charge is 0.394 e. The fourth-order valence-electron chi connectivity index (χ4n) is 1.83. The van der Waals surface area contributed by atoms with Crippen molar-refractivity contribution < 1.29 is 14.2 Å². The Labute approximate surface area is 82.3 Å². The smallest absolute Gasteiger partial charge is 0.123 e. The molecule has 2 rings (SSSR count). The van der Waals surface area contributed by atoms with Crippen molar-refractivity contribution >= 4 is 0 Å². The van der Waals surface area contributed by atoms with Gasteiger partial charge in [-0.1, -0.05) is 12.1 Å². The second kappa shape index (κ2) is 4.07. The topological polar surface area (TPSA) is 29.5 Å². The lowest BCUT2D eigenvalue weighted by Crippen LogP contribution is -2.09. The van der Waals surface area contributed by atoms with Gasteiger partial charge in [0.1, 0.15) is 5.82 Å². The standard InChI is InChI=1S/C11H13FO2/c12-10-3-1-2-8(4-10)9-5-11(6-13)14-7-9/h1-4,9,11,13H,5-7H2/t9-,11+/m0/s1. The first-order chi connectivity index (χ1) is 6.79. The van der Waals surface area contributed by atoms with Gasteiger partial charge in [0.15, 0.2) is 0 Å². The van der Waals surface area contributed by atoms with Gasteiger partial charge in [0.2, 0.25) is 0 Å². The summed E-state index contributed by atoms with van der Waals surface area (Å²) in [6.07, 6.45) is 0.697. The molecule has 0 aliphatic carbocycles. The number of hydrogen-bond donors (Lipinski definition) is 1. The van der Waals surface area contributed by atoms with Crippen LogP contribution in [0.25, 0.3) is 0 Å². The van der Waals surface area contributed by atoms with Gasteiger partial charge in [-0.05, 0) is 24.1 Å². The number of halogens is 1. The van der Waals surface area contributed by atoms with Crippen LogP contribution in [0.1, 0.15) is 17.9 Å². The highest BCUT2D eigenvalue weighted by atomic mass is 19.1. The van der Waals surface area contributed by atoms with Crippen molar-refractivity contribution in [2.45, 2.75) is 18.4 Å². The maximum atomic E-state index is 12.9. The molecular weight excluding hydrogens is 183 g/mol. The maximum absolute atomic E-state index is 12.9. The monoisotopic (exact) mass is 196 g/mol. The van der Waals surface area contributed by atoms with E-state index in [4.69, 9.17) is 9.84 Å². The Kier molecular flexibility index (Phi) is 2.79. The minimum absolute atomic E-state index is 0.0474. The summed E-state index contributed by atoms with van der Waals surface area (Å²) >= 11 is 0. The Morgan fingerprint density at radius 1 is 1.50 bits per heavy atom. The Morgan fingerprint density at radius 3 is 3.00 bits per heavy atom. The summed E-state index contributed by atoms with van der Waals surface area (Å²) in [5.41, 5.74) is 0.959. The molecule has 1 aromatic rings. The van der Waals surface area contributed by atoms with Crippen LogP contribution in [-0.2, 0) is 4.74 Å². The summed E-state index contributed by atoms with van der Waals surface area (Å²) in [7, 11) is 0. The molecule has 1 fully saturated rings. The van der Waals surface area contributed by atoms with E-state index in [9.17, 15) is 4.39 Å². The summed E-state index contributed by atoms with van der Waals surface area (Å²) in [5, 5.41) is 8.89. The normalized spacial score (nSPS) is 26.7. The van der Waals surface area contributed by atoms with Crippen LogP contribution in [0.4, 0.5) is 4.39 Å². The highest BCUT2D eigenvalue weighted by Gasteiger charge is 2.26. The number of aliphatic hydroxyl groups excluding tert-OH is 1. The van der Waals surface area contributed by atoms with Crippen LogP contribution in [0.5, 0.6) is 0 Å². The van der Waals surface area contributed by atoms with Crippen molar-refractivity contribution in [2.75, 3.05) is 13.2 Å². The van der Waals surface area contributed by atoms with E-state index in [0.29, 0.717) is 6.61 Å². The molecule has 1 aliphatic heterocycles. The van der Waals surface area contributed by atoms with Gasteiger partial charge in [-0.2, -0.15) is 0 Å². The molecule has 0 aromatic heterocycles. The fourth-order valence-corrected chi connectivity index (χ4v) is 1.83. The molecule has 1 aromatic carbocycles. The zero-order chi connectivity index (χ0) is 9.97. The van der Waals surface area contributed by atoms with Gasteiger partial charge in [0.25, 0.3) is 0 Å². The highest BCUT2D eigenvalue weighted by molar-refractivity contribution is 5.21. The molecule has 14 heavy (non-hydrogen) atoms. The van der Waals surface area contributed by atoms with E-state index in [0.717, 1.165) is 12.0 Å². The van der Waals surface area contributed by atoms with Gasteiger partial charge in [-0.3, -0.25) is 0 Å². The third kappa shape index (κ3) is 1.94. The molecule has 0 radical (unpaired) electrons. The minimum Gasteiger partial charge on any atom is -0.394 e. The summed E-state index contributed by atoms with van der Waals surface area (Å²) in [5.74, 6) is 0.0119. The first-order valence-electron chi connectivity index (χ1n) is 4.77. The number of ether oxygens (including phenoxy) is 1. The van der Waals surface area contributed by atoms with Crippen LogP contribution in [0.15, 0.2) is 24.3 Å². The van der Waals surface area contributed by atoms with E-state index in [1.165, 1.54) is 12.1 Å². The zero-order valence-electron chi connectivity index (χ0n) is 7.82. The molecule has 0 bridgehead atoms. The van der Waals surface area contributed by atoms with Crippen molar-refractivity contribution in [3.05, 3.63) is 35.6 Å². The van der Waals surface area contributed by atoms with Crippen LogP contribution < -0.4 is 0 Å². The Hall–Kier alpha value is -0.930. The lowest BCUT2D eigenvalue weighted by Gasteiger charge is -2.07. The molecule has 0 spiro atoms. The Morgan fingerprint density at radius 2 is 2.36 bits per heavy atom. The van der Waals surface area contributed by atoms with Gasteiger partial charge in [0, 0.05) is 5.92 Å². The van der Waals surface area contributed by atoms with Crippen molar-refractivity contribution in [3.63, 3.8) is 0 Å². The molecule has 0 amide bonds. The van der Waals surface area contributed by atoms with Crippen molar-refractivity contribution in [1.82, 2.24) is 0 Å². The number of rotatable bonds is 2. The van der Waals surface area contributed by atoms with E-state index in [2.05, 4.69) is 0 Å². The van der Waals surface area contributed by atoms with Gasteiger partial charge in [-0.15, -0.1) is 0 Å². The lowest BCUT2D eigenvalue weighted by molar-refractivity contribution is 0.0585. The van der Waals surface area contributed by atoms with Crippen LogP contribution in [0.2, 0.25) is 0 Å². The van der Waals surface area contributed by atoms with Crippen LogP contribution in [-0.4, -0.2) is 24.4 Å². The summed E-state index contributed by atoms with van der Waals surface area (Å²) < 4.78 is 18.2. The molecule has 2 nitrogen and oxygen atoms in total. The van der Waals surface area contributed by atoms with Gasteiger partial charge in [-0.25, -0.2) is 4.39 Å². The molecule has 1 N–H and O–H groups in total. The average molecular weight is 196 g/mol. The van der Waals surface area contributed by atoms with Crippen LogP contribution in [0.3, 0.4) is 0 Å². The lowest BCUT2D eigenvalue weighted by atomic mass is 9.96. The number of hydrogen-bond acceptors (Lipinski definition) is 2. The van der Waals surface area contributed by atoms with E-state index >= 15 is 0 Å². The third-order valence-electron chi connectivity index (χ3n) is 2.60. The molecule has 3 heteroatoms. The molecule has 2 atom stereocenters. The third-order valence-corrected chi connectivity index (χ3v) is 2.60. The first-order valence-corrected chi connectivity index (χ1v) is 4.77. The molecule has 1 aliphatic rings. The van der Waals surface area contributed by atoms with E-state index in [1.807, 2.05) is 6.07 Å². The molecule has 1 saturated heterocycles. The van der Waals surface area contributed by atoms with Gasteiger partial charge in [0.05, 0.1) is 19.3 Å². The highest BCUT2D eigenvalue weighted by Crippen LogP contribution is 2.29. The molecule has 76 valence electrons. The second-order valence-corrected chi connectivity index (χ2v) is 3.63. The van der Waals surface area contributed by atoms with Crippen LogP contribution in [0, 0.1) is 5.82 Å². The summed E-state index contributed by atoms with van der Waals surface area (Å²) in [6, 6.07) is 6.57. The van der Waals surface area contributed by atoms with E-state index in [-0.39, 0.29) is 24.4 Å². The van der Waals surface area contributed by atoms with Gasteiger partial charge >= 0.3 is 0 Å². The Balaban J connectivity index is 2.09. The summed E-state index contributed by atoms with van der Waals surface area (Å²) in [4.78, 5) is 0. The SMILES string of the molecule is OC[C@H]1C[C@H](c2cccc(F)c2)CO1. The van der Waals surface area contributed by atoms with Crippen molar-refractivity contribution in [1.29, 1.82) is 0 Å². The number of aliphatic hydroxyl groups is 1. The maximum Gasteiger partial charge on any atom is 0.123 e. The average Bonchev–Trinajstić information content (AvgIpc) is 2.66.